The smallest absolute Gasteiger partial charge is 0.225 e. The maximum absolute atomic E-state index is 10.6. The number of nitrogens with zero attached hydrogens (tertiary/aromatic N) is 1. The second kappa shape index (κ2) is 4.40. The number of piperidine rings is 1. The minimum absolute atomic E-state index is 0.186. The molecule has 0 aromatic heterocycles. The van der Waals surface area contributed by atoms with E-state index in [0.29, 0.717) is 13.0 Å². The fraction of sp³-hybridized carbons (Fsp3) is 0.455. The van der Waals surface area contributed by atoms with Gasteiger partial charge >= 0.3 is 0 Å². The molecule has 1 N–H and O–H groups in total. The van der Waals surface area contributed by atoms with Gasteiger partial charge in [0.1, 0.15) is 0 Å². The Balaban J connectivity index is 1.97. The van der Waals surface area contributed by atoms with Crippen LogP contribution in [-0.2, 0) is 0 Å². The number of nitrogens with one attached hydrogen (secondary N) is 1. The first kappa shape index (κ1) is 10.1. The summed E-state index contributed by atoms with van der Waals surface area (Å²) in [5, 5.41) is 13.8. The zero-order valence-electron chi connectivity index (χ0n) is 8.43. The van der Waals surface area contributed by atoms with Gasteiger partial charge in [0.15, 0.2) is 0 Å². The van der Waals surface area contributed by atoms with Crippen LogP contribution in [0.1, 0.15) is 24.4 Å². The predicted octanol–water partition coefficient (Wildman–Crippen LogP) is 1.76. The first-order valence-corrected chi connectivity index (χ1v) is 5.19. The Labute approximate surface area is 88.5 Å². The summed E-state index contributed by atoms with van der Waals surface area (Å²) >= 11 is 0. The van der Waals surface area contributed by atoms with E-state index in [-0.39, 0.29) is 11.0 Å². The second-order valence-corrected chi connectivity index (χ2v) is 3.89. The molecule has 4 nitrogen and oxygen atoms in total. The Kier molecular flexibility index (Phi) is 2.97. The highest BCUT2D eigenvalue weighted by molar-refractivity contribution is 5.19. The summed E-state index contributed by atoms with van der Waals surface area (Å²) in [6, 6.07) is 9.96. The fourth-order valence-corrected chi connectivity index (χ4v) is 1.99. The Bertz CT molecular complexity index is 332. The van der Waals surface area contributed by atoms with E-state index in [1.165, 1.54) is 5.56 Å². The van der Waals surface area contributed by atoms with E-state index in [2.05, 4.69) is 17.4 Å². The van der Waals surface area contributed by atoms with Gasteiger partial charge in [-0.05, 0) is 12.0 Å². The Hall–Kier alpha value is -1.42. The number of hydrogen-bond acceptors (Lipinski definition) is 3. The lowest BCUT2D eigenvalue weighted by Gasteiger charge is -2.25. The summed E-state index contributed by atoms with van der Waals surface area (Å²) in [5.41, 5.74) is 1.22. The van der Waals surface area contributed by atoms with Crippen molar-refractivity contribution in [3.63, 3.8) is 0 Å². The van der Waals surface area contributed by atoms with Gasteiger partial charge in [0.2, 0.25) is 6.04 Å². The fourth-order valence-electron chi connectivity index (χ4n) is 1.99. The molecule has 1 aromatic rings. The maximum atomic E-state index is 10.6. The van der Waals surface area contributed by atoms with Crippen molar-refractivity contribution in [2.75, 3.05) is 6.54 Å². The lowest BCUT2D eigenvalue weighted by molar-refractivity contribution is -0.523. The minimum Gasteiger partial charge on any atom is -0.304 e. The molecule has 1 aliphatic heterocycles. The van der Waals surface area contributed by atoms with Crippen molar-refractivity contribution in [1.29, 1.82) is 0 Å². The third-order valence-electron chi connectivity index (χ3n) is 2.89. The summed E-state index contributed by atoms with van der Waals surface area (Å²) < 4.78 is 0. The largest absolute Gasteiger partial charge is 0.304 e. The van der Waals surface area contributed by atoms with E-state index >= 15 is 0 Å². The van der Waals surface area contributed by atoms with Gasteiger partial charge in [0.25, 0.3) is 0 Å². The second-order valence-electron chi connectivity index (χ2n) is 3.89. The van der Waals surface area contributed by atoms with Gasteiger partial charge in [0, 0.05) is 17.4 Å². The van der Waals surface area contributed by atoms with Crippen LogP contribution in [0.25, 0.3) is 0 Å². The molecule has 1 aromatic carbocycles. The molecule has 4 heteroatoms. The molecule has 1 unspecified atom stereocenters. The van der Waals surface area contributed by atoms with E-state index < -0.39 is 6.04 Å². The predicted molar refractivity (Wildman–Crippen MR) is 57.2 cm³/mol. The van der Waals surface area contributed by atoms with Crippen LogP contribution in [0.3, 0.4) is 0 Å². The molecule has 0 spiro atoms. The molecule has 1 heterocycles. The molecule has 80 valence electrons. The number of hydrogen-bond donors (Lipinski definition) is 1. The van der Waals surface area contributed by atoms with Crippen LogP contribution >= 0.6 is 0 Å². The molecular formula is C11H14N2O2. The van der Waals surface area contributed by atoms with E-state index in [1.54, 1.807) is 0 Å². The number of nitro groups is 1. The molecule has 0 radical (unpaired) electrons. The third kappa shape index (κ3) is 2.33. The third-order valence-corrected chi connectivity index (χ3v) is 2.89. The standard InChI is InChI=1S/C11H14N2O2/c14-13(15)10-6-7-11(12-8-10)9-4-2-1-3-5-9/h1-5,10-12H,6-8H2/t10?,11-/m1/s1. The normalized spacial score (nSPS) is 26.1. The van der Waals surface area contributed by atoms with Gasteiger partial charge in [-0.3, -0.25) is 10.1 Å². The van der Waals surface area contributed by atoms with Crippen LogP contribution in [-0.4, -0.2) is 17.5 Å². The van der Waals surface area contributed by atoms with Crippen LogP contribution in [0.15, 0.2) is 30.3 Å². The van der Waals surface area contributed by atoms with E-state index in [9.17, 15) is 10.1 Å². The van der Waals surface area contributed by atoms with E-state index in [1.807, 2.05) is 18.2 Å². The monoisotopic (exact) mass is 206 g/mol. The highest BCUT2D eigenvalue weighted by atomic mass is 16.6. The van der Waals surface area contributed by atoms with Gasteiger partial charge < -0.3 is 5.32 Å². The van der Waals surface area contributed by atoms with Crippen molar-refractivity contribution in [3.05, 3.63) is 46.0 Å². The van der Waals surface area contributed by atoms with Crippen LogP contribution in [0, 0.1) is 10.1 Å². The average molecular weight is 206 g/mol. The Morgan fingerprint density at radius 1 is 1.27 bits per heavy atom. The van der Waals surface area contributed by atoms with Crippen molar-refractivity contribution in [2.45, 2.75) is 24.9 Å². The molecule has 0 bridgehead atoms. The molecule has 1 aliphatic rings. The van der Waals surface area contributed by atoms with Gasteiger partial charge in [-0.2, -0.15) is 0 Å². The molecule has 0 aliphatic carbocycles. The molecule has 2 atom stereocenters. The quantitative estimate of drug-likeness (QED) is 0.592. The van der Waals surface area contributed by atoms with Gasteiger partial charge in [-0.1, -0.05) is 30.3 Å². The molecule has 1 fully saturated rings. The zero-order valence-corrected chi connectivity index (χ0v) is 8.43. The Morgan fingerprint density at radius 2 is 2.00 bits per heavy atom. The van der Waals surface area contributed by atoms with E-state index in [4.69, 9.17) is 0 Å². The lowest BCUT2D eigenvalue weighted by atomic mass is 9.95. The van der Waals surface area contributed by atoms with Crippen molar-refractivity contribution in [1.82, 2.24) is 5.32 Å². The molecule has 2 rings (SSSR count). The molecule has 15 heavy (non-hydrogen) atoms. The van der Waals surface area contributed by atoms with Gasteiger partial charge in [-0.15, -0.1) is 0 Å². The first-order chi connectivity index (χ1) is 7.27. The van der Waals surface area contributed by atoms with E-state index in [0.717, 1.165) is 6.42 Å². The molecule has 1 saturated heterocycles. The summed E-state index contributed by atoms with van der Waals surface area (Å²) in [4.78, 5) is 10.4. The average Bonchev–Trinajstić information content (AvgIpc) is 2.30. The highest BCUT2D eigenvalue weighted by Crippen LogP contribution is 2.23. The SMILES string of the molecule is O=[N+]([O-])C1CC[C@H](c2ccccc2)NC1. The molecular weight excluding hydrogens is 192 g/mol. The lowest BCUT2D eigenvalue weighted by Crippen LogP contribution is -2.40. The van der Waals surface area contributed by atoms with Crippen molar-refractivity contribution in [2.24, 2.45) is 0 Å². The zero-order chi connectivity index (χ0) is 10.7. The van der Waals surface area contributed by atoms with Crippen LogP contribution < -0.4 is 5.32 Å². The molecule has 0 amide bonds. The number of benzene rings is 1. The topological polar surface area (TPSA) is 55.2 Å². The van der Waals surface area contributed by atoms with Crippen LogP contribution in [0.2, 0.25) is 0 Å². The van der Waals surface area contributed by atoms with Gasteiger partial charge in [0.05, 0.1) is 6.54 Å². The summed E-state index contributed by atoms with van der Waals surface area (Å²) in [6.45, 7) is 0.479. The van der Waals surface area contributed by atoms with Crippen molar-refractivity contribution >= 4 is 0 Å². The first-order valence-electron chi connectivity index (χ1n) is 5.19. The maximum Gasteiger partial charge on any atom is 0.225 e. The Morgan fingerprint density at radius 3 is 2.53 bits per heavy atom. The summed E-state index contributed by atoms with van der Waals surface area (Å²) in [5.74, 6) is 0. The highest BCUT2D eigenvalue weighted by Gasteiger charge is 2.28. The number of rotatable bonds is 2. The van der Waals surface area contributed by atoms with Crippen molar-refractivity contribution in [3.8, 4) is 0 Å². The van der Waals surface area contributed by atoms with Crippen LogP contribution in [0.5, 0.6) is 0 Å². The summed E-state index contributed by atoms with van der Waals surface area (Å²) in [7, 11) is 0. The molecule has 0 saturated carbocycles. The van der Waals surface area contributed by atoms with Crippen LogP contribution in [0.4, 0.5) is 0 Å². The van der Waals surface area contributed by atoms with Gasteiger partial charge in [-0.25, -0.2) is 0 Å². The van der Waals surface area contributed by atoms with Crippen molar-refractivity contribution < 1.29 is 4.92 Å². The minimum atomic E-state index is -0.412. The summed E-state index contributed by atoms with van der Waals surface area (Å²) in [6.07, 6.45) is 1.51.